The van der Waals surface area contributed by atoms with Gasteiger partial charge in [-0.3, -0.25) is 19.0 Å². The third kappa shape index (κ3) is 4.04. The van der Waals surface area contributed by atoms with Gasteiger partial charge in [0.2, 0.25) is 10.0 Å². The van der Waals surface area contributed by atoms with E-state index >= 15 is 0 Å². The smallest absolute Gasteiger partial charge is 0.256 e. The van der Waals surface area contributed by atoms with Crippen LogP contribution in [-0.4, -0.2) is 80.2 Å². The Kier molecular flexibility index (Phi) is 5.50. The van der Waals surface area contributed by atoms with Crippen LogP contribution in [0.5, 0.6) is 0 Å². The first kappa shape index (κ1) is 21.4. The maximum absolute atomic E-state index is 13.0. The fraction of sp³-hybridized carbons (Fsp3) is 0.476. The number of sulfonamides is 1. The highest BCUT2D eigenvalue weighted by molar-refractivity contribution is 7.92. The van der Waals surface area contributed by atoms with Gasteiger partial charge in [-0.2, -0.15) is 5.10 Å². The number of hydrogen-bond donors (Lipinski definition) is 1. The fourth-order valence-electron chi connectivity index (χ4n) is 4.42. The molecular formula is C21H27N5O4S. The molecule has 4 rings (SSSR count). The summed E-state index contributed by atoms with van der Waals surface area (Å²) in [4.78, 5) is 28.8. The molecule has 1 saturated heterocycles. The Labute approximate surface area is 182 Å². The monoisotopic (exact) mass is 445 g/mol. The number of aromatic amines is 1. The average Bonchev–Trinajstić information content (AvgIpc) is 3.39. The number of carbonyl (C=O) groups is 2. The van der Waals surface area contributed by atoms with E-state index in [0.29, 0.717) is 42.9 Å². The van der Waals surface area contributed by atoms with Crippen molar-refractivity contribution in [2.45, 2.75) is 25.2 Å². The van der Waals surface area contributed by atoms with Gasteiger partial charge in [-0.05, 0) is 43.0 Å². The predicted molar refractivity (Wildman–Crippen MR) is 117 cm³/mol. The highest BCUT2D eigenvalue weighted by Crippen LogP contribution is 2.33. The van der Waals surface area contributed by atoms with Crippen LogP contribution in [0, 0.1) is 0 Å². The maximum atomic E-state index is 13.0. The number of benzene rings is 1. The molecule has 2 aliphatic heterocycles. The highest BCUT2D eigenvalue weighted by atomic mass is 32.2. The Bertz CT molecular complexity index is 1120. The first-order valence-electron chi connectivity index (χ1n) is 10.3. The molecule has 10 heteroatoms. The Morgan fingerprint density at radius 2 is 1.87 bits per heavy atom. The fourth-order valence-corrected chi connectivity index (χ4v) is 5.38. The molecule has 0 bridgehead atoms. The van der Waals surface area contributed by atoms with Crippen LogP contribution >= 0.6 is 0 Å². The lowest BCUT2D eigenvalue weighted by Gasteiger charge is -2.32. The number of amides is 2. The molecule has 1 N–H and O–H groups in total. The Hall–Kier alpha value is -2.88. The topological polar surface area (TPSA) is 107 Å². The van der Waals surface area contributed by atoms with Crippen molar-refractivity contribution in [2.24, 2.45) is 0 Å². The van der Waals surface area contributed by atoms with Crippen molar-refractivity contribution >= 4 is 27.5 Å². The number of piperidine rings is 1. The summed E-state index contributed by atoms with van der Waals surface area (Å²) in [7, 11) is 0.119. The molecule has 1 aromatic carbocycles. The van der Waals surface area contributed by atoms with Gasteiger partial charge < -0.3 is 9.80 Å². The predicted octanol–water partition coefficient (Wildman–Crippen LogP) is 1.45. The number of anilines is 1. The molecule has 0 atom stereocenters. The van der Waals surface area contributed by atoms with Crippen LogP contribution in [0.3, 0.4) is 0 Å². The van der Waals surface area contributed by atoms with Crippen LogP contribution in [0.15, 0.2) is 24.4 Å². The van der Waals surface area contributed by atoms with Crippen LogP contribution in [0.2, 0.25) is 0 Å². The van der Waals surface area contributed by atoms with E-state index in [1.54, 1.807) is 32.4 Å². The molecule has 0 aliphatic carbocycles. The van der Waals surface area contributed by atoms with E-state index in [0.717, 1.165) is 24.1 Å². The second-order valence-electron chi connectivity index (χ2n) is 8.39. The van der Waals surface area contributed by atoms with E-state index in [4.69, 9.17) is 0 Å². The molecule has 0 radical (unpaired) electrons. The second kappa shape index (κ2) is 7.99. The minimum absolute atomic E-state index is 0.0479. The molecule has 0 spiro atoms. The van der Waals surface area contributed by atoms with Gasteiger partial charge >= 0.3 is 0 Å². The van der Waals surface area contributed by atoms with Crippen LogP contribution in [-0.2, 0) is 16.4 Å². The number of aromatic nitrogens is 2. The van der Waals surface area contributed by atoms with Gasteiger partial charge in [0.25, 0.3) is 11.8 Å². The molecule has 9 nitrogen and oxygen atoms in total. The van der Waals surface area contributed by atoms with Gasteiger partial charge in [-0.15, -0.1) is 0 Å². The number of nitrogens with one attached hydrogen (secondary N) is 1. The summed E-state index contributed by atoms with van der Waals surface area (Å²) in [5.41, 5.74) is 3.55. The molecule has 0 unspecified atom stereocenters. The number of likely N-dealkylation sites (tertiary alicyclic amines) is 1. The summed E-state index contributed by atoms with van der Waals surface area (Å²) in [6.45, 7) is 1.59. The number of nitrogens with zero attached hydrogens (tertiary/aromatic N) is 4. The first-order chi connectivity index (χ1) is 14.7. The van der Waals surface area contributed by atoms with Gasteiger partial charge in [0.1, 0.15) is 0 Å². The van der Waals surface area contributed by atoms with E-state index in [1.807, 2.05) is 11.0 Å². The van der Waals surface area contributed by atoms with Crippen molar-refractivity contribution in [3.8, 4) is 0 Å². The Morgan fingerprint density at radius 1 is 1.16 bits per heavy atom. The van der Waals surface area contributed by atoms with E-state index in [1.165, 1.54) is 15.5 Å². The van der Waals surface area contributed by atoms with Crippen molar-refractivity contribution in [1.82, 2.24) is 20.0 Å². The number of hydrogen-bond acceptors (Lipinski definition) is 5. The van der Waals surface area contributed by atoms with Gasteiger partial charge in [-0.25, -0.2) is 8.42 Å². The molecule has 166 valence electrons. The zero-order chi connectivity index (χ0) is 22.3. The van der Waals surface area contributed by atoms with Gasteiger partial charge in [0.05, 0.1) is 29.4 Å². The lowest BCUT2D eigenvalue weighted by atomic mass is 9.90. The Balaban J connectivity index is 1.44. The number of rotatable bonds is 4. The van der Waals surface area contributed by atoms with Crippen LogP contribution in [0.25, 0.3) is 0 Å². The van der Waals surface area contributed by atoms with Crippen LogP contribution in [0.1, 0.15) is 50.7 Å². The molecule has 31 heavy (non-hydrogen) atoms. The number of fused-ring (bicyclic) bond motifs is 1. The SMILES string of the molecule is CN(C)C(=O)c1cn[nH]c1C1CCN(C(=O)c2ccc3c(c2)CCN3S(C)(=O)=O)CC1. The van der Waals surface area contributed by atoms with Crippen molar-refractivity contribution in [1.29, 1.82) is 0 Å². The lowest BCUT2D eigenvalue weighted by Crippen LogP contribution is -2.38. The molecule has 1 aromatic heterocycles. The molecule has 1 fully saturated rings. The molecule has 2 aliphatic rings. The average molecular weight is 446 g/mol. The third-order valence-electron chi connectivity index (χ3n) is 6.08. The van der Waals surface area contributed by atoms with E-state index in [9.17, 15) is 18.0 Å². The summed E-state index contributed by atoms with van der Waals surface area (Å²) in [5.74, 6) is 0.0191. The van der Waals surface area contributed by atoms with Crippen molar-refractivity contribution in [3.63, 3.8) is 0 Å². The van der Waals surface area contributed by atoms with E-state index in [2.05, 4.69) is 10.2 Å². The molecule has 3 heterocycles. The molecular weight excluding hydrogens is 418 g/mol. The summed E-state index contributed by atoms with van der Waals surface area (Å²) in [6.07, 6.45) is 4.86. The molecule has 0 saturated carbocycles. The van der Waals surface area contributed by atoms with Crippen LogP contribution in [0.4, 0.5) is 5.69 Å². The highest BCUT2D eigenvalue weighted by Gasteiger charge is 2.30. The molecule has 2 amide bonds. The minimum atomic E-state index is -3.31. The second-order valence-corrected chi connectivity index (χ2v) is 10.3. The third-order valence-corrected chi connectivity index (χ3v) is 7.26. The van der Waals surface area contributed by atoms with E-state index < -0.39 is 10.0 Å². The van der Waals surface area contributed by atoms with Crippen LogP contribution < -0.4 is 4.31 Å². The summed E-state index contributed by atoms with van der Waals surface area (Å²) in [6, 6.07) is 5.25. The standard InChI is InChI=1S/C21H27N5O4S/c1-24(2)21(28)17-13-22-23-19(17)14-6-9-25(10-7-14)20(27)16-4-5-18-15(12-16)8-11-26(18)31(3,29)30/h4-5,12-14H,6-11H2,1-3H3,(H,22,23). The lowest BCUT2D eigenvalue weighted by molar-refractivity contribution is 0.0709. The zero-order valence-corrected chi connectivity index (χ0v) is 18.8. The largest absolute Gasteiger partial charge is 0.345 e. The van der Waals surface area contributed by atoms with E-state index in [-0.39, 0.29) is 17.7 Å². The Morgan fingerprint density at radius 3 is 2.52 bits per heavy atom. The summed E-state index contributed by atoms with van der Waals surface area (Å²) >= 11 is 0. The zero-order valence-electron chi connectivity index (χ0n) is 18.0. The van der Waals surface area contributed by atoms with Gasteiger partial charge in [0, 0.05) is 45.2 Å². The molecule has 2 aromatic rings. The minimum Gasteiger partial charge on any atom is -0.345 e. The first-order valence-corrected chi connectivity index (χ1v) is 12.2. The normalized spacial score (nSPS) is 17.0. The van der Waals surface area contributed by atoms with Crippen molar-refractivity contribution in [2.75, 3.05) is 44.3 Å². The van der Waals surface area contributed by atoms with Gasteiger partial charge in [0.15, 0.2) is 0 Å². The number of H-pyrrole nitrogens is 1. The van der Waals surface area contributed by atoms with Gasteiger partial charge in [-0.1, -0.05) is 0 Å². The van der Waals surface area contributed by atoms with Crippen molar-refractivity contribution < 1.29 is 18.0 Å². The number of carbonyl (C=O) groups excluding carboxylic acids is 2. The summed E-state index contributed by atoms with van der Waals surface area (Å²) < 4.78 is 25.2. The quantitative estimate of drug-likeness (QED) is 0.767. The van der Waals surface area contributed by atoms with Crippen molar-refractivity contribution in [3.05, 3.63) is 46.8 Å². The maximum Gasteiger partial charge on any atom is 0.256 e. The summed E-state index contributed by atoms with van der Waals surface area (Å²) in [5, 5.41) is 7.04.